The fourth-order valence-electron chi connectivity index (χ4n) is 18.6. The molecule has 0 aliphatic carbocycles. The van der Waals surface area contributed by atoms with Crippen LogP contribution < -0.4 is 67.1 Å². The Kier molecular flexibility index (Phi) is 31.5. The number of ether oxygens (including phenoxy) is 16. The first kappa shape index (κ1) is 106. The van der Waals surface area contributed by atoms with Gasteiger partial charge in [-0.1, -0.05) is 36.4 Å². The van der Waals surface area contributed by atoms with Gasteiger partial charge in [0.1, 0.15) is 192 Å². The highest BCUT2D eigenvalue weighted by molar-refractivity contribution is 6.00. The number of carbonyl (C=O) groups is 7. The van der Waals surface area contributed by atoms with Crippen LogP contribution >= 0.6 is 0 Å². The van der Waals surface area contributed by atoms with Crippen molar-refractivity contribution in [2.75, 3.05) is 33.5 Å². The molecule has 0 radical (unpaired) electrons. The SMILES string of the molecule is COC(=O)[C@H]1NC(=O)C2NC(=O)C(NC(=O)[C@@H]3NC(=O)[C@H]4NC(=O)[C@H](NC(=O)[C@H](N)c5ccc(O)c(c5)Oc5cc4cc(O)c5C)[C@H](O)c4ccc(cc4)Oc4cc3cc(c4OC3OC(CO[C@H]4O[C@H](C)[C@@H](O)[C@@H](O)[C@@H]4O)C(O)C(O)C3OC3OC(CO)C(O)C(O)C3OC3OCC(O)C(O)C3O)Oc3ccc(cc3)[C@H]2O[C@@H]2C[C@@H](N)[C@@H](O)[C@@H](C)O2)c2ccc(O)c(c2)-c2c(O[C@@H]3O[C@H](CO)[C@@H](O)[C@@H](O)[C@@H]3O)cc(O)cc21. The molecule has 7 aromatic carbocycles. The van der Waals surface area contributed by atoms with Crippen LogP contribution in [0, 0.1) is 6.92 Å². The lowest BCUT2D eigenvalue weighted by atomic mass is 9.89. The van der Waals surface area contributed by atoms with Crippen LogP contribution in [0.1, 0.15) is 107 Å². The Morgan fingerprint density at radius 3 is 1.59 bits per heavy atom. The molecule has 0 saturated carbocycles. The largest absolute Gasteiger partial charge is 0.508 e. The number of phenols is 4. The monoisotopic (exact) mass is 2070 g/mol. The third kappa shape index (κ3) is 21.4. The summed E-state index contributed by atoms with van der Waals surface area (Å²) in [5.41, 5.74) is 9.22. The van der Waals surface area contributed by atoms with E-state index in [1.165, 1.54) is 51.1 Å². The van der Waals surface area contributed by atoms with E-state index in [2.05, 4.69) is 31.9 Å². The van der Waals surface area contributed by atoms with Crippen molar-refractivity contribution >= 4 is 41.4 Å². The molecule has 19 rings (SSSR count). The highest BCUT2D eigenvalue weighted by Gasteiger charge is 2.57. The molecule has 31 N–H and O–H groups in total. The zero-order valence-electron chi connectivity index (χ0n) is 77.9. The number of esters is 1. The summed E-state index contributed by atoms with van der Waals surface area (Å²) in [5, 5.41) is 257. The number of rotatable bonds is 16. The maximum atomic E-state index is 17.3. The average molecular weight is 2070 g/mol. The van der Waals surface area contributed by atoms with Crippen molar-refractivity contribution in [3.63, 3.8) is 0 Å². The number of aliphatic hydroxyl groups excluding tert-OH is 17. The van der Waals surface area contributed by atoms with Crippen molar-refractivity contribution < 1.29 is 217 Å². The van der Waals surface area contributed by atoms with E-state index in [1.54, 1.807) is 0 Å². The van der Waals surface area contributed by atoms with E-state index < -0.39 is 386 Å². The van der Waals surface area contributed by atoms with Crippen LogP contribution in [0.2, 0.25) is 0 Å². The lowest BCUT2D eigenvalue weighted by Gasteiger charge is -2.48. The lowest BCUT2D eigenvalue weighted by Crippen LogP contribution is -2.67. The smallest absolute Gasteiger partial charge is 0.333 e. The molecule has 7 aromatic rings. The lowest BCUT2D eigenvalue weighted by molar-refractivity contribution is -0.385. The summed E-state index contributed by atoms with van der Waals surface area (Å²) in [4.78, 5) is 113. The molecule has 794 valence electrons. The average Bonchev–Trinajstić information content (AvgIpc) is 0.742. The van der Waals surface area contributed by atoms with Crippen LogP contribution in [0.15, 0.2) is 121 Å². The van der Waals surface area contributed by atoms with Crippen molar-refractivity contribution in [2.24, 2.45) is 11.5 Å². The van der Waals surface area contributed by atoms with Crippen LogP contribution in [0.4, 0.5) is 0 Å². The first-order chi connectivity index (χ1) is 70.0. The molecule has 12 aliphatic heterocycles. The summed E-state index contributed by atoms with van der Waals surface area (Å²) in [5.74, 6) is -17.8. The van der Waals surface area contributed by atoms with Gasteiger partial charge in [-0.2, -0.15) is 0 Å². The number of aliphatic hydroxyl groups is 17. The van der Waals surface area contributed by atoms with E-state index in [0.29, 0.717) is 0 Å². The quantitative estimate of drug-likeness (QED) is 0.0400. The molecule has 16 unspecified atom stereocenters. The minimum atomic E-state index is -2.60. The number of phenolic OH excluding ortho intramolecular Hbond substituents is 4. The molecule has 147 heavy (non-hydrogen) atoms. The number of nitrogens with one attached hydrogen (secondary N) is 6. The number of benzene rings is 7. The number of methoxy groups -OCH3 is 1. The molecule has 52 heteroatoms. The minimum Gasteiger partial charge on any atom is -0.508 e. The number of amides is 6. The Morgan fingerprint density at radius 2 is 0.946 bits per heavy atom. The summed E-state index contributed by atoms with van der Waals surface area (Å²) < 4.78 is 99.8. The van der Waals surface area contributed by atoms with Gasteiger partial charge < -0.3 is 226 Å². The second kappa shape index (κ2) is 43.6. The van der Waals surface area contributed by atoms with Crippen LogP contribution in [0.3, 0.4) is 0 Å². The minimum absolute atomic E-state index is 0.0673. The Balaban J connectivity index is 0.908. The third-order valence-corrected chi connectivity index (χ3v) is 27.1. The van der Waals surface area contributed by atoms with Gasteiger partial charge in [-0.15, -0.1) is 0 Å². The van der Waals surface area contributed by atoms with Gasteiger partial charge in [0.2, 0.25) is 53.8 Å². The number of fused-ring (bicyclic) bond motifs is 14. The number of hydrogen-bond donors (Lipinski definition) is 29. The van der Waals surface area contributed by atoms with Crippen LogP contribution in [-0.2, 0) is 85.7 Å². The summed E-state index contributed by atoms with van der Waals surface area (Å²) in [6, 6.07) is 4.22. The van der Waals surface area contributed by atoms with Gasteiger partial charge >= 0.3 is 5.97 Å². The van der Waals surface area contributed by atoms with Gasteiger partial charge in [0, 0.05) is 40.8 Å². The summed E-state index contributed by atoms with van der Waals surface area (Å²) in [6.07, 6.45) is -58.6. The number of hydrogen-bond acceptors (Lipinski definition) is 46. The molecule has 17 bridgehead atoms. The zero-order valence-corrected chi connectivity index (χ0v) is 77.9. The van der Waals surface area contributed by atoms with E-state index in [0.717, 1.165) is 98.1 Å². The Morgan fingerprint density at radius 1 is 0.429 bits per heavy atom. The van der Waals surface area contributed by atoms with E-state index in [1.807, 2.05) is 0 Å². The van der Waals surface area contributed by atoms with Crippen molar-refractivity contribution in [3.05, 3.63) is 166 Å². The number of carbonyl (C=O) groups excluding carboxylic acids is 7. The fourth-order valence-corrected chi connectivity index (χ4v) is 18.6. The Bertz CT molecular complexity index is 6010. The van der Waals surface area contributed by atoms with Gasteiger partial charge in [-0.25, -0.2) is 4.79 Å². The molecule has 6 fully saturated rings. The van der Waals surface area contributed by atoms with Crippen LogP contribution in [-0.4, -0.2) is 366 Å². The van der Waals surface area contributed by atoms with Gasteiger partial charge in [-0.3, -0.25) is 28.8 Å². The standard InChI is InChI=1S/C95H110N8O44/c1-30-47(109)18-37-20-49(30)139-50-19-35(9-16-46(50)108)59(97)84(125)102-64-68(113)33-5-11-40(12-6-33)137-52-21-38-22-53(81(52)145-95-83(76(121)72(117)56(143-95)29-134-91-78(123)73(118)67(112)32(3)136-91)147-94-82(75(120)71(116)55(27-105)142-94)146-92-77(122)69(114)48(110)28-133-92)138-41-13-7-34(8-14-41)80(144-57-25-44(96)66(111)31(2)135-57)65-89(130)101-63(90(131)132-4)43-23-39(106)24-51(140-93-79(124)74(119)70(115)54(26-104)141-93)58(43)42-17-36(10-15-45(42)107)60(85(126)103-65)98-87(128)62(38)99-86(127)61(37)100-88(64)129/h5-24,31-32,44,48,54-57,59-80,82-83,91-95,104-124H,25-29,96-97H2,1-4H3,(H,98,128)(H,99,127)(H,100,129)(H,101,130)(H,102,125)(H,103,126)/t31-,32-,44-,48?,54-,55?,56?,57-,59-,60?,61+,62-,63+,64-,65?,66+,67-,68-,69?,70-,71?,72?,73-,74-,75?,76?,77?,78+,79+,80-,82?,83?,91+,92?,93-,94?,95?/m1/s1. The van der Waals surface area contributed by atoms with E-state index >= 15 is 24.0 Å². The molecular weight excluding hydrogens is 1960 g/mol. The van der Waals surface area contributed by atoms with Crippen molar-refractivity contribution in [3.8, 4) is 80.1 Å². The number of nitrogens with two attached hydrogens (primary N) is 2. The molecular formula is C95H110N8O44. The first-order valence-electron chi connectivity index (χ1n) is 46.4. The molecule has 37 atom stereocenters. The van der Waals surface area contributed by atoms with Crippen molar-refractivity contribution in [1.82, 2.24) is 31.9 Å². The molecule has 0 spiro atoms. The maximum absolute atomic E-state index is 17.3. The molecule has 12 aliphatic rings. The number of aromatic hydroxyl groups is 4. The van der Waals surface area contributed by atoms with E-state index in [4.69, 9.17) is 87.3 Å². The van der Waals surface area contributed by atoms with Crippen LogP contribution in [0.5, 0.6) is 69.0 Å². The first-order valence-corrected chi connectivity index (χ1v) is 46.4. The van der Waals surface area contributed by atoms with E-state index in [9.17, 15) is 117 Å². The summed E-state index contributed by atoms with van der Waals surface area (Å²) >= 11 is 0. The van der Waals surface area contributed by atoms with Crippen molar-refractivity contribution in [2.45, 2.75) is 254 Å². The highest BCUT2D eigenvalue weighted by Crippen LogP contribution is 2.51. The van der Waals surface area contributed by atoms with Gasteiger partial charge in [0.15, 0.2) is 60.3 Å². The topological polar surface area (TPSA) is 816 Å². The normalized spacial score (nSPS) is 36.2. The maximum Gasteiger partial charge on any atom is 0.333 e. The fraction of sp³-hybridized carbons (Fsp3) is 0.484. The third-order valence-electron chi connectivity index (χ3n) is 27.1. The highest BCUT2D eigenvalue weighted by atomic mass is 16.8. The molecule has 52 nitrogen and oxygen atoms in total. The van der Waals surface area contributed by atoms with Crippen molar-refractivity contribution in [1.29, 1.82) is 0 Å². The van der Waals surface area contributed by atoms with Crippen LogP contribution in [0.25, 0.3) is 11.1 Å². The Labute approximate surface area is 831 Å². The summed E-state index contributed by atoms with van der Waals surface area (Å²) in [7, 11) is 0.873. The second-order valence-corrected chi connectivity index (χ2v) is 36.9. The Hall–Kier alpha value is -12.1. The predicted molar refractivity (Wildman–Crippen MR) is 483 cm³/mol. The van der Waals surface area contributed by atoms with Gasteiger partial charge in [0.05, 0.1) is 51.8 Å². The molecule has 6 saturated heterocycles. The summed E-state index contributed by atoms with van der Waals surface area (Å²) in [6.45, 7) is 0.141. The zero-order chi connectivity index (χ0) is 105. The molecule has 12 heterocycles. The second-order valence-electron chi connectivity index (χ2n) is 36.9. The molecule has 6 amide bonds. The van der Waals surface area contributed by atoms with Gasteiger partial charge in [-0.05, 0) is 133 Å². The van der Waals surface area contributed by atoms with Gasteiger partial charge in [0.25, 0.3) is 0 Å². The molecule has 0 aromatic heterocycles. The predicted octanol–water partition coefficient (Wildman–Crippen LogP) is -6.50. The van der Waals surface area contributed by atoms with E-state index in [-0.39, 0.29) is 39.5 Å².